The maximum absolute atomic E-state index is 13.1. The molecule has 0 aliphatic heterocycles. The van der Waals surface area contributed by atoms with Gasteiger partial charge in [-0.15, -0.1) is 0 Å². The number of anilines is 1. The lowest BCUT2D eigenvalue weighted by atomic mass is 10.3. The molecule has 0 unspecified atom stereocenters. The third-order valence-corrected chi connectivity index (χ3v) is 3.69. The summed E-state index contributed by atoms with van der Waals surface area (Å²) in [6, 6.07) is 4.77. The monoisotopic (exact) mass is 344 g/mol. The topological polar surface area (TPSA) is 17.0 Å². The highest BCUT2D eigenvalue weighted by atomic mass is 79.9. The van der Waals surface area contributed by atoms with E-state index in [4.69, 9.17) is 11.6 Å². The first-order valence-corrected chi connectivity index (χ1v) is 7.30. The number of benzene rings is 1. The van der Waals surface area contributed by atoms with Crippen LogP contribution < -0.4 is 5.32 Å². The molecular formula is C14H15BrClFN2. The highest BCUT2D eigenvalue weighted by molar-refractivity contribution is 9.10. The number of halogens is 3. The summed E-state index contributed by atoms with van der Waals surface area (Å²) in [4.78, 5) is 0. The van der Waals surface area contributed by atoms with Crippen LogP contribution in [0.2, 0.25) is 5.02 Å². The van der Waals surface area contributed by atoms with Crippen LogP contribution in [0.4, 0.5) is 10.1 Å². The SMILES string of the molecule is CCCn1ccc(CNc2c(Cl)cc(F)cc2Br)c1. The van der Waals surface area contributed by atoms with Crippen molar-refractivity contribution in [3.63, 3.8) is 0 Å². The van der Waals surface area contributed by atoms with Crippen LogP contribution in [0.15, 0.2) is 35.1 Å². The van der Waals surface area contributed by atoms with Gasteiger partial charge >= 0.3 is 0 Å². The van der Waals surface area contributed by atoms with Crippen molar-refractivity contribution in [2.75, 3.05) is 5.32 Å². The van der Waals surface area contributed by atoms with E-state index >= 15 is 0 Å². The molecule has 0 aliphatic carbocycles. The average Bonchev–Trinajstić information content (AvgIpc) is 2.76. The summed E-state index contributed by atoms with van der Waals surface area (Å²) in [6.07, 6.45) is 5.26. The van der Waals surface area contributed by atoms with Gasteiger partial charge in [-0.3, -0.25) is 0 Å². The van der Waals surface area contributed by atoms with E-state index in [1.54, 1.807) is 0 Å². The van der Waals surface area contributed by atoms with E-state index < -0.39 is 0 Å². The Balaban J connectivity index is 2.05. The molecule has 0 spiro atoms. The van der Waals surface area contributed by atoms with Gasteiger partial charge in [0.1, 0.15) is 5.82 Å². The number of aryl methyl sites for hydroxylation is 1. The van der Waals surface area contributed by atoms with Crippen molar-refractivity contribution < 1.29 is 4.39 Å². The molecule has 0 saturated carbocycles. The Labute approximate surface area is 125 Å². The summed E-state index contributed by atoms with van der Waals surface area (Å²) in [5.74, 6) is -0.350. The minimum Gasteiger partial charge on any atom is -0.379 e. The lowest BCUT2D eigenvalue weighted by molar-refractivity contribution is 0.627. The quantitative estimate of drug-likeness (QED) is 0.801. The Kier molecular flexibility index (Phi) is 4.88. The van der Waals surface area contributed by atoms with Crippen LogP contribution in [0.25, 0.3) is 0 Å². The van der Waals surface area contributed by atoms with Gasteiger partial charge in [-0.05, 0) is 46.1 Å². The molecule has 2 rings (SSSR count). The lowest BCUT2D eigenvalue weighted by Gasteiger charge is -2.10. The predicted molar refractivity (Wildman–Crippen MR) is 81.2 cm³/mol. The lowest BCUT2D eigenvalue weighted by Crippen LogP contribution is -2.01. The molecule has 0 aliphatic rings. The fourth-order valence-corrected chi connectivity index (χ4v) is 2.85. The summed E-state index contributed by atoms with van der Waals surface area (Å²) in [5, 5.41) is 3.60. The van der Waals surface area contributed by atoms with E-state index in [-0.39, 0.29) is 5.82 Å². The molecule has 19 heavy (non-hydrogen) atoms. The largest absolute Gasteiger partial charge is 0.379 e. The highest BCUT2D eigenvalue weighted by Gasteiger charge is 2.08. The van der Waals surface area contributed by atoms with Gasteiger partial charge in [0.05, 0.1) is 10.7 Å². The Morgan fingerprint density at radius 1 is 1.42 bits per heavy atom. The van der Waals surface area contributed by atoms with Crippen molar-refractivity contribution >= 4 is 33.2 Å². The third kappa shape index (κ3) is 3.74. The zero-order valence-electron chi connectivity index (χ0n) is 10.6. The van der Waals surface area contributed by atoms with Gasteiger partial charge in [-0.1, -0.05) is 18.5 Å². The molecule has 1 aromatic heterocycles. The second-order valence-corrected chi connectivity index (χ2v) is 5.62. The van der Waals surface area contributed by atoms with Gasteiger partial charge in [0.25, 0.3) is 0 Å². The zero-order chi connectivity index (χ0) is 13.8. The maximum atomic E-state index is 13.1. The normalized spacial score (nSPS) is 10.7. The highest BCUT2D eigenvalue weighted by Crippen LogP contribution is 2.32. The third-order valence-electron chi connectivity index (χ3n) is 2.77. The molecule has 0 bridgehead atoms. The van der Waals surface area contributed by atoms with E-state index in [0.717, 1.165) is 13.0 Å². The van der Waals surface area contributed by atoms with E-state index in [0.29, 0.717) is 21.7 Å². The molecule has 0 amide bonds. The Bertz CT molecular complexity index is 545. The molecule has 2 nitrogen and oxygen atoms in total. The first-order valence-electron chi connectivity index (χ1n) is 6.13. The van der Waals surface area contributed by atoms with Crippen molar-refractivity contribution in [1.29, 1.82) is 0 Å². The summed E-state index contributed by atoms with van der Waals surface area (Å²) in [6.45, 7) is 3.81. The Morgan fingerprint density at radius 2 is 2.21 bits per heavy atom. The molecule has 0 saturated heterocycles. The van der Waals surface area contributed by atoms with Gasteiger partial charge in [0.2, 0.25) is 0 Å². The Hall–Kier alpha value is -1.00. The smallest absolute Gasteiger partial charge is 0.125 e. The van der Waals surface area contributed by atoms with Crippen molar-refractivity contribution in [3.05, 3.63) is 51.5 Å². The number of hydrogen-bond donors (Lipinski definition) is 1. The van der Waals surface area contributed by atoms with E-state index in [1.807, 2.05) is 0 Å². The molecule has 2 aromatic rings. The van der Waals surface area contributed by atoms with Gasteiger partial charge < -0.3 is 9.88 Å². The summed E-state index contributed by atoms with van der Waals surface area (Å²) >= 11 is 9.33. The molecule has 102 valence electrons. The van der Waals surface area contributed by atoms with Crippen molar-refractivity contribution in [2.24, 2.45) is 0 Å². The van der Waals surface area contributed by atoms with Crippen LogP contribution in [0.1, 0.15) is 18.9 Å². The zero-order valence-corrected chi connectivity index (χ0v) is 12.9. The minimum atomic E-state index is -0.350. The Morgan fingerprint density at radius 3 is 2.89 bits per heavy atom. The van der Waals surface area contributed by atoms with Crippen LogP contribution in [-0.2, 0) is 13.1 Å². The molecule has 5 heteroatoms. The minimum absolute atomic E-state index is 0.350. The fourth-order valence-electron chi connectivity index (χ4n) is 1.89. The van der Waals surface area contributed by atoms with Crippen LogP contribution in [0, 0.1) is 5.82 Å². The number of nitrogens with zero attached hydrogens (tertiary/aromatic N) is 1. The van der Waals surface area contributed by atoms with Gasteiger partial charge in [0.15, 0.2) is 0 Å². The fraction of sp³-hybridized carbons (Fsp3) is 0.286. The summed E-state index contributed by atoms with van der Waals surface area (Å²) in [7, 11) is 0. The number of nitrogens with one attached hydrogen (secondary N) is 1. The number of hydrogen-bond acceptors (Lipinski definition) is 1. The molecule has 0 radical (unpaired) electrons. The molecule has 1 heterocycles. The molecule has 0 fully saturated rings. The van der Waals surface area contributed by atoms with Crippen LogP contribution in [0.3, 0.4) is 0 Å². The number of rotatable bonds is 5. The maximum Gasteiger partial charge on any atom is 0.125 e. The van der Waals surface area contributed by atoms with Crippen molar-refractivity contribution in [1.82, 2.24) is 4.57 Å². The van der Waals surface area contributed by atoms with Gasteiger partial charge in [-0.25, -0.2) is 4.39 Å². The molecule has 1 aromatic carbocycles. The molecule has 0 atom stereocenters. The number of aromatic nitrogens is 1. The standard InChI is InChI=1S/C14H15BrClFN2/c1-2-4-19-5-3-10(9-19)8-18-14-12(15)6-11(17)7-13(14)16/h3,5-7,9,18H,2,4,8H2,1H3. The second-order valence-electron chi connectivity index (χ2n) is 4.36. The van der Waals surface area contributed by atoms with Crippen molar-refractivity contribution in [2.45, 2.75) is 26.4 Å². The van der Waals surface area contributed by atoms with Crippen molar-refractivity contribution in [3.8, 4) is 0 Å². The van der Waals surface area contributed by atoms with Crippen LogP contribution in [0.5, 0.6) is 0 Å². The first-order chi connectivity index (χ1) is 9.10. The first kappa shape index (κ1) is 14.4. The van der Waals surface area contributed by atoms with Gasteiger partial charge in [-0.2, -0.15) is 0 Å². The van der Waals surface area contributed by atoms with E-state index in [1.165, 1.54) is 17.7 Å². The molecular weight excluding hydrogens is 331 g/mol. The van der Waals surface area contributed by atoms with Gasteiger partial charge in [0, 0.05) is 30.0 Å². The van der Waals surface area contributed by atoms with E-state index in [9.17, 15) is 4.39 Å². The predicted octanol–water partition coefficient (Wildman–Crippen LogP) is 5.07. The van der Waals surface area contributed by atoms with E-state index in [2.05, 4.69) is 51.2 Å². The summed E-state index contributed by atoms with van der Waals surface area (Å²) < 4.78 is 15.9. The second kappa shape index (κ2) is 6.44. The van der Waals surface area contributed by atoms with Crippen LogP contribution >= 0.6 is 27.5 Å². The summed E-state index contributed by atoms with van der Waals surface area (Å²) in [5.41, 5.74) is 1.88. The van der Waals surface area contributed by atoms with Crippen LogP contribution in [-0.4, -0.2) is 4.57 Å². The molecule has 1 N–H and O–H groups in total. The average molecular weight is 346 g/mol.